The Morgan fingerprint density at radius 3 is 2.94 bits per heavy atom. The fraction of sp³-hybridized carbons (Fsp3) is 0.385. The monoisotopic (exact) mass is 245 g/mol. The third-order valence-electron chi connectivity index (χ3n) is 2.97. The Hall–Kier alpha value is -1.88. The van der Waals surface area contributed by atoms with Crippen LogP contribution >= 0.6 is 0 Å². The summed E-state index contributed by atoms with van der Waals surface area (Å²) in [4.78, 5) is 4.27. The number of nitrogens with one attached hydrogen (secondary N) is 1. The molecule has 0 aliphatic carbocycles. The van der Waals surface area contributed by atoms with E-state index in [1.807, 2.05) is 31.2 Å². The predicted octanol–water partition coefficient (Wildman–Crippen LogP) is 2.25. The van der Waals surface area contributed by atoms with Crippen molar-refractivity contribution < 1.29 is 9.26 Å². The van der Waals surface area contributed by atoms with Crippen molar-refractivity contribution in [2.75, 3.05) is 18.5 Å². The van der Waals surface area contributed by atoms with Crippen molar-refractivity contribution in [1.29, 1.82) is 0 Å². The molecule has 5 nitrogen and oxygen atoms in total. The van der Waals surface area contributed by atoms with E-state index in [2.05, 4.69) is 15.5 Å². The average molecular weight is 245 g/mol. The number of anilines is 1. The highest BCUT2D eigenvalue weighted by atomic mass is 16.5. The first-order valence-electron chi connectivity index (χ1n) is 6.07. The summed E-state index contributed by atoms with van der Waals surface area (Å²) < 4.78 is 10.6. The maximum Gasteiger partial charge on any atom is 0.260 e. The van der Waals surface area contributed by atoms with Gasteiger partial charge in [-0.25, -0.2) is 0 Å². The van der Waals surface area contributed by atoms with Gasteiger partial charge in [0.2, 0.25) is 0 Å². The molecule has 1 aromatic carbocycles. The molecular weight excluding hydrogens is 230 g/mol. The lowest BCUT2D eigenvalue weighted by Crippen LogP contribution is -2.19. The van der Waals surface area contributed by atoms with E-state index in [9.17, 15) is 0 Å². The maximum atomic E-state index is 5.37. The number of benzene rings is 1. The average Bonchev–Trinajstić information content (AvgIpc) is 3.02. The van der Waals surface area contributed by atoms with Crippen molar-refractivity contribution in [2.45, 2.75) is 19.4 Å². The topological polar surface area (TPSA) is 60.2 Å². The molecule has 1 unspecified atom stereocenters. The number of aromatic nitrogens is 2. The van der Waals surface area contributed by atoms with Crippen molar-refractivity contribution >= 4 is 5.69 Å². The van der Waals surface area contributed by atoms with E-state index in [0.717, 1.165) is 30.9 Å². The first-order chi connectivity index (χ1) is 8.83. The van der Waals surface area contributed by atoms with Crippen LogP contribution in [0.2, 0.25) is 0 Å². The standard InChI is InChI=1S/C13H15N3O2/c1-9-14-13(18-16-9)11-4-2-3-5-12(11)15-10-6-7-17-8-10/h2-5,10,15H,6-8H2,1H3. The maximum absolute atomic E-state index is 5.37. The van der Waals surface area contributed by atoms with Crippen LogP contribution < -0.4 is 5.32 Å². The van der Waals surface area contributed by atoms with Crippen LogP contribution in [0.3, 0.4) is 0 Å². The normalized spacial score (nSPS) is 19.1. The van der Waals surface area contributed by atoms with E-state index >= 15 is 0 Å². The second kappa shape index (κ2) is 4.78. The van der Waals surface area contributed by atoms with Crippen LogP contribution in [-0.4, -0.2) is 29.4 Å². The number of rotatable bonds is 3. The summed E-state index contributed by atoms with van der Waals surface area (Å²) in [5, 5.41) is 7.29. The lowest BCUT2D eigenvalue weighted by atomic mass is 10.1. The molecule has 2 heterocycles. The van der Waals surface area contributed by atoms with Crippen LogP contribution in [0.5, 0.6) is 0 Å². The van der Waals surface area contributed by atoms with Crippen molar-refractivity contribution in [3.63, 3.8) is 0 Å². The molecule has 1 aliphatic heterocycles. The van der Waals surface area contributed by atoms with Crippen molar-refractivity contribution in [1.82, 2.24) is 10.1 Å². The van der Waals surface area contributed by atoms with E-state index in [0.29, 0.717) is 17.8 Å². The molecule has 1 fully saturated rings. The Morgan fingerprint density at radius 2 is 2.22 bits per heavy atom. The molecule has 0 bridgehead atoms. The van der Waals surface area contributed by atoms with E-state index < -0.39 is 0 Å². The minimum Gasteiger partial charge on any atom is -0.379 e. The molecule has 2 aromatic rings. The van der Waals surface area contributed by atoms with Crippen LogP contribution in [0.4, 0.5) is 5.69 Å². The van der Waals surface area contributed by atoms with E-state index in [-0.39, 0.29) is 0 Å². The Kier molecular flexibility index (Phi) is 2.98. The van der Waals surface area contributed by atoms with Gasteiger partial charge in [0.05, 0.1) is 18.2 Å². The highest BCUT2D eigenvalue weighted by molar-refractivity contribution is 5.72. The van der Waals surface area contributed by atoms with Gasteiger partial charge in [-0.15, -0.1) is 0 Å². The summed E-state index contributed by atoms with van der Waals surface area (Å²) in [6, 6.07) is 8.31. The quantitative estimate of drug-likeness (QED) is 0.898. The fourth-order valence-electron chi connectivity index (χ4n) is 2.07. The van der Waals surface area contributed by atoms with Gasteiger partial charge in [0.1, 0.15) is 0 Å². The molecule has 94 valence electrons. The first kappa shape index (κ1) is 11.2. The van der Waals surface area contributed by atoms with Gasteiger partial charge in [-0.2, -0.15) is 4.98 Å². The summed E-state index contributed by atoms with van der Waals surface area (Å²) in [6.07, 6.45) is 1.02. The Balaban J connectivity index is 1.89. The third-order valence-corrected chi connectivity index (χ3v) is 2.97. The number of hydrogen-bond donors (Lipinski definition) is 1. The molecular formula is C13H15N3O2. The van der Waals surface area contributed by atoms with Gasteiger partial charge in [-0.1, -0.05) is 17.3 Å². The molecule has 5 heteroatoms. The molecule has 1 atom stereocenters. The van der Waals surface area contributed by atoms with Gasteiger partial charge in [-0.05, 0) is 25.5 Å². The first-order valence-corrected chi connectivity index (χ1v) is 6.07. The predicted molar refractivity (Wildman–Crippen MR) is 67.3 cm³/mol. The fourth-order valence-corrected chi connectivity index (χ4v) is 2.07. The minimum absolute atomic E-state index is 0.357. The molecule has 1 saturated heterocycles. The molecule has 0 spiro atoms. The second-order valence-corrected chi connectivity index (χ2v) is 4.40. The van der Waals surface area contributed by atoms with Gasteiger partial charge in [-0.3, -0.25) is 0 Å². The SMILES string of the molecule is Cc1noc(-c2ccccc2NC2CCOC2)n1. The molecule has 18 heavy (non-hydrogen) atoms. The second-order valence-electron chi connectivity index (χ2n) is 4.40. The van der Waals surface area contributed by atoms with Crippen LogP contribution in [0.25, 0.3) is 11.5 Å². The summed E-state index contributed by atoms with van der Waals surface area (Å²) >= 11 is 0. The van der Waals surface area contributed by atoms with Crippen molar-refractivity contribution in [3.05, 3.63) is 30.1 Å². The Labute approximate surface area is 105 Å². The Morgan fingerprint density at radius 1 is 1.33 bits per heavy atom. The smallest absolute Gasteiger partial charge is 0.260 e. The molecule has 1 aromatic heterocycles. The lowest BCUT2D eigenvalue weighted by molar-refractivity contribution is 0.195. The molecule has 0 saturated carbocycles. The van der Waals surface area contributed by atoms with Gasteiger partial charge >= 0.3 is 0 Å². The highest BCUT2D eigenvalue weighted by Crippen LogP contribution is 2.27. The van der Waals surface area contributed by atoms with Gasteiger partial charge in [0, 0.05) is 12.3 Å². The van der Waals surface area contributed by atoms with E-state index in [4.69, 9.17) is 9.26 Å². The molecule has 3 rings (SSSR count). The number of para-hydroxylation sites is 1. The van der Waals surface area contributed by atoms with Crippen LogP contribution in [0, 0.1) is 6.92 Å². The lowest BCUT2D eigenvalue weighted by Gasteiger charge is -2.14. The minimum atomic E-state index is 0.357. The van der Waals surface area contributed by atoms with Crippen LogP contribution in [0.15, 0.2) is 28.8 Å². The zero-order valence-electron chi connectivity index (χ0n) is 10.2. The molecule has 1 aliphatic rings. The zero-order chi connectivity index (χ0) is 12.4. The molecule has 0 amide bonds. The molecule has 1 N–H and O–H groups in total. The number of aryl methyl sites for hydroxylation is 1. The summed E-state index contributed by atoms with van der Waals surface area (Å²) in [5.74, 6) is 1.19. The largest absolute Gasteiger partial charge is 0.379 e. The third kappa shape index (κ3) is 2.22. The van der Waals surface area contributed by atoms with E-state index in [1.165, 1.54) is 0 Å². The van der Waals surface area contributed by atoms with Gasteiger partial charge in [0.15, 0.2) is 5.82 Å². The molecule has 0 radical (unpaired) electrons. The summed E-state index contributed by atoms with van der Waals surface area (Å²) in [7, 11) is 0. The summed E-state index contributed by atoms with van der Waals surface area (Å²) in [6.45, 7) is 3.38. The van der Waals surface area contributed by atoms with Crippen LogP contribution in [-0.2, 0) is 4.74 Å². The number of nitrogens with zero attached hydrogens (tertiary/aromatic N) is 2. The number of hydrogen-bond acceptors (Lipinski definition) is 5. The number of ether oxygens (including phenoxy) is 1. The van der Waals surface area contributed by atoms with Crippen LogP contribution in [0.1, 0.15) is 12.2 Å². The van der Waals surface area contributed by atoms with Crippen molar-refractivity contribution in [2.24, 2.45) is 0 Å². The summed E-state index contributed by atoms with van der Waals surface area (Å²) in [5.41, 5.74) is 1.95. The zero-order valence-corrected chi connectivity index (χ0v) is 10.2. The van der Waals surface area contributed by atoms with E-state index in [1.54, 1.807) is 0 Å². The Bertz CT molecular complexity index is 533. The van der Waals surface area contributed by atoms with Crippen molar-refractivity contribution in [3.8, 4) is 11.5 Å². The van der Waals surface area contributed by atoms with Gasteiger partial charge in [0.25, 0.3) is 5.89 Å². The van der Waals surface area contributed by atoms with Gasteiger partial charge < -0.3 is 14.6 Å². The highest BCUT2D eigenvalue weighted by Gasteiger charge is 2.18.